The maximum atomic E-state index is 12.4. The topological polar surface area (TPSA) is 32.8 Å². The van der Waals surface area contributed by atoms with Crippen molar-refractivity contribution in [3.8, 4) is 11.1 Å². The smallest absolute Gasteiger partial charge is 0.410 e. The largest absolute Gasteiger partial charge is 0.439 e. The van der Waals surface area contributed by atoms with E-state index in [2.05, 4.69) is 67.3 Å². The average molecular weight is 449 g/mol. The van der Waals surface area contributed by atoms with E-state index in [0.29, 0.717) is 18.1 Å². The van der Waals surface area contributed by atoms with Gasteiger partial charge in [-0.25, -0.2) is 4.79 Å². The first-order chi connectivity index (χ1) is 15.6. The minimum absolute atomic E-state index is 0.257. The van der Waals surface area contributed by atoms with E-state index in [9.17, 15) is 4.79 Å². The van der Waals surface area contributed by atoms with Gasteiger partial charge in [-0.1, -0.05) is 80.0 Å². The minimum atomic E-state index is -0.280. The van der Waals surface area contributed by atoms with Gasteiger partial charge in [0, 0.05) is 18.1 Å². The predicted molar refractivity (Wildman–Crippen MR) is 130 cm³/mol. The van der Waals surface area contributed by atoms with Gasteiger partial charge in [0.25, 0.3) is 0 Å². The number of benzene rings is 3. The lowest BCUT2D eigenvalue weighted by Gasteiger charge is -2.18. The Balaban J connectivity index is 1.41. The van der Waals surface area contributed by atoms with E-state index in [-0.39, 0.29) is 12.2 Å². The van der Waals surface area contributed by atoms with E-state index in [4.69, 9.17) is 16.3 Å². The Morgan fingerprint density at radius 1 is 0.938 bits per heavy atom. The Labute approximate surface area is 195 Å². The lowest BCUT2D eigenvalue weighted by molar-refractivity contribution is 0.132. The summed E-state index contributed by atoms with van der Waals surface area (Å²) >= 11 is 5.96. The average Bonchev–Trinajstić information content (AvgIpc) is 3.18. The third-order valence-electron chi connectivity index (χ3n) is 6.02. The van der Waals surface area contributed by atoms with Crippen molar-refractivity contribution in [3.63, 3.8) is 0 Å². The zero-order valence-electron chi connectivity index (χ0n) is 18.6. The Bertz CT molecular complexity index is 1050. The van der Waals surface area contributed by atoms with Crippen LogP contribution in [0.25, 0.3) is 11.1 Å². The van der Waals surface area contributed by atoms with Crippen LogP contribution in [0, 0.1) is 0 Å². The zero-order chi connectivity index (χ0) is 22.5. The van der Waals surface area contributed by atoms with Gasteiger partial charge in [-0.15, -0.1) is 0 Å². The Morgan fingerprint density at radius 3 is 2.34 bits per heavy atom. The molecule has 0 aliphatic carbocycles. The molecule has 166 valence electrons. The standard InChI is InChI=1S/C27H29ClN2O2/c1-3-29(4-2)17-21-6-5-7-24(16-21)22-10-8-20(9-11-22)18-30-19-26(32-27(30)31)23-12-14-25(28)15-13-23/h5-16,26H,3-4,17-19H2,1-2H3/t26-/m0/s1. The van der Waals surface area contributed by atoms with Crippen LogP contribution in [0.3, 0.4) is 0 Å². The number of carbonyl (C=O) groups excluding carboxylic acids is 1. The summed E-state index contributed by atoms with van der Waals surface area (Å²) < 4.78 is 5.57. The molecule has 3 aromatic rings. The second-order valence-corrected chi connectivity index (χ2v) is 8.60. The second-order valence-electron chi connectivity index (χ2n) is 8.16. The summed E-state index contributed by atoms with van der Waals surface area (Å²) in [7, 11) is 0. The quantitative estimate of drug-likeness (QED) is 0.392. The minimum Gasteiger partial charge on any atom is -0.439 e. The zero-order valence-corrected chi connectivity index (χ0v) is 19.4. The molecule has 1 heterocycles. The lowest BCUT2D eigenvalue weighted by Crippen LogP contribution is -2.23. The van der Waals surface area contributed by atoms with Gasteiger partial charge in [-0.3, -0.25) is 9.80 Å². The first-order valence-corrected chi connectivity index (χ1v) is 11.5. The van der Waals surface area contributed by atoms with E-state index >= 15 is 0 Å². The number of halogens is 1. The number of cyclic esters (lactones) is 1. The highest BCUT2D eigenvalue weighted by molar-refractivity contribution is 6.30. The van der Waals surface area contributed by atoms with Crippen LogP contribution in [-0.2, 0) is 17.8 Å². The molecular formula is C27H29ClN2O2. The summed E-state index contributed by atoms with van der Waals surface area (Å²) in [5.41, 5.74) is 5.76. The van der Waals surface area contributed by atoms with Crippen LogP contribution in [0.2, 0.25) is 5.02 Å². The first-order valence-electron chi connectivity index (χ1n) is 11.2. The summed E-state index contributed by atoms with van der Waals surface area (Å²) in [6.07, 6.45) is -0.536. The molecule has 1 amide bonds. The fourth-order valence-corrected chi connectivity index (χ4v) is 4.19. The van der Waals surface area contributed by atoms with Gasteiger partial charge < -0.3 is 4.74 Å². The van der Waals surface area contributed by atoms with Crippen molar-refractivity contribution >= 4 is 17.7 Å². The van der Waals surface area contributed by atoms with Gasteiger partial charge in [0.15, 0.2) is 0 Å². The molecule has 0 N–H and O–H groups in total. The van der Waals surface area contributed by atoms with Crippen molar-refractivity contribution in [2.75, 3.05) is 19.6 Å². The van der Waals surface area contributed by atoms with Crippen molar-refractivity contribution in [2.45, 2.75) is 33.0 Å². The van der Waals surface area contributed by atoms with Crippen molar-refractivity contribution in [1.29, 1.82) is 0 Å². The molecular weight excluding hydrogens is 420 g/mol. The number of hydrogen-bond acceptors (Lipinski definition) is 3. The van der Waals surface area contributed by atoms with Crippen LogP contribution >= 0.6 is 11.6 Å². The lowest BCUT2D eigenvalue weighted by atomic mass is 10.0. The van der Waals surface area contributed by atoms with Gasteiger partial charge in [0.1, 0.15) is 6.10 Å². The highest BCUT2D eigenvalue weighted by Gasteiger charge is 2.32. The van der Waals surface area contributed by atoms with Crippen LogP contribution in [0.1, 0.15) is 36.6 Å². The number of amides is 1. The number of ether oxygens (including phenoxy) is 1. The van der Waals surface area contributed by atoms with Crippen LogP contribution < -0.4 is 0 Å². The monoisotopic (exact) mass is 448 g/mol. The van der Waals surface area contributed by atoms with Gasteiger partial charge in [-0.2, -0.15) is 0 Å². The SMILES string of the molecule is CCN(CC)Cc1cccc(-c2ccc(CN3C[C@@H](c4ccc(Cl)cc4)OC3=O)cc2)c1. The summed E-state index contributed by atoms with van der Waals surface area (Å²) in [6, 6.07) is 24.6. The summed E-state index contributed by atoms with van der Waals surface area (Å²) in [5, 5.41) is 0.675. The number of carbonyl (C=O) groups is 1. The highest BCUT2D eigenvalue weighted by atomic mass is 35.5. The molecule has 4 nitrogen and oxygen atoms in total. The van der Waals surface area contributed by atoms with E-state index in [1.54, 1.807) is 4.90 Å². The maximum absolute atomic E-state index is 12.4. The summed E-state index contributed by atoms with van der Waals surface area (Å²) in [5.74, 6) is 0. The molecule has 32 heavy (non-hydrogen) atoms. The van der Waals surface area contributed by atoms with E-state index in [1.807, 2.05) is 24.3 Å². The Kier molecular flexibility index (Phi) is 7.13. The van der Waals surface area contributed by atoms with Gasteiger partial charge >= 0.3 is 6.09 Å². The third kappa shape index (κ3) is 5.32. The Morgan fingerprint density at radius 2 is 1.66 bits per heavy atom. The second kappa shape index (κ2) is 10.2. The molecule has 1 atom stereocenters. The molecule has 0 saturated carbocycles. The molecule has 0 spiro atoms. The fourth-order valence-electron chi connectivity index (χ4n) is 4.07. The molecule has 5 heteroatoms. The number of nitrogens with zero attached hydrogens (tertiary/aromatic N) is 2. The maximum Gasteiger partial charge on any atom is 0.410 e. The fraction of sp³-hybridized carbons (Fsp3) is 0.296. The van der Waals surface area contributed by atoms with Gasteiger partial charge in [-0.05, 0) is 59.1 Å². The predicted octanol–water partition coefficient (Wildman–Crippen LogP) is 6.54. The van der Waals surface area contributed by atoms with Crippen LogP contribution in [0.4, 0.5) is 4.79 Å². The van der Waals surface area contributed by atoms with E-state index in [1.165, 1.54) is 16.7 Å². The van der Waals surface area contributed by atoms with Gasteiger partial charge in [0.05, 0.1) is 6.54 Å². The van der Waals surface area contributed by atoms with E-state index in [0.717, 1.165) is 30.8 Å². The molecule has 1 aliphatic rings. The summed E-state index contributed by atoms with van der Waals surface area (Å²) in [4.78, 5) is 16.5. The van der Waals surface area contributed by atoms with Gasteiger partial charge in [0.2, 0.25) is 0 Å². The molecule has 0 radical (unpaired) electrons. The van der Waals surface area contributed by atoms with Crippen molar-refractivity contribution in [1.82, 2.24) is 9.80 Å². The van der Waals surface area contributed by atoms with Crippen molar-refractivity contribution in [3.05, 3.63) is 94.5 Å². The molecule has 0 bridgehead atoms. The molecule has 4 rings (SSSR count). The molecule has 1 aliphatic heterocycles. The molecule has 0 unspecified atom stereocenters. The van der Waals surface area contributed by atoms with Crippen LogP contribution in [0.15, 0.2) is 72.8 Å². The van der Waals surface area contributed by atoms with Crippen molar-refractivity contribution in [2.24, 2.45) is 0 Å². The highest BCUT2D eigenvalue weighted by Crippen LogP contribution is 2.29. The number of hydrogen-bond donors (Lipinski definition) is 0. The molecule has 1 saturated heterocycles. The first kappa shape index (κ1) is 22.4. The molecule has 3 aromatic carbocycles. The summed E-state index contributed by atoms with van der Waals surface area (Å²) in [6.45, 7) is 8.52. The van der Waals surface area contributed by atoms with E-state index < -0.39 is 0 Å². The third-order valence-corrected chi connectivity index (χ3v) is 6.27. The number of rotatable bonds is 8. The van der Waals surface area contributed by atoms with Crippen molar-refractivity contribution < 1.29 is 9.53 Å². The van der Waals surface area contributed by atoms with Crippen LogP contribution in [-0.4, -0.2) is 35.5 Å². The molecule has 1 fully saturated rings. The van der Waals surface area contributed by atoms with Crippen LogP contribution in [0.5, 0.6) is 0 Å². The normalized spacial score (nSPS) is 15.9. The molecule has 0 aromatic heterocycles. The Hall–Kier alpha value is -2.82.